The average molecular weight is 377 g/mol. The van der Waals surface area contributed by atoms with Crippen molar-refractivity contribution in [3.63, 3.8) is 0 Å². The van der Waals surface area contributed by atoms with Gasteiger partial charge in [-0.1, -0.05) is 48.5 Å². The first kappa shape index (κ1) is 18.0. The van der Waals surface area contributed by atoms with Crippen molar-refractivity contribution in [3.8, 4) is 11.3 Å². The topological polar surface area (TPSA) is 74.7 Å². The molecule has 0 aliphatic heterocycles. The summed E-state index contributed by atoms with van der Waals surface area (Å²) >= 11 is 0. The monoisotopic (exact) mass is 377 g/mol. The number of esters is 1. The number of furan rings is 1. The lowest BCUT2D eigenvalue weighted by molar-refractivity contribution is 0.0397. The Kier molecular flexibility index (Phi) is 5.21. The second kappa shape index (κ2) is 8.10. The molecule has 0 unspecified atom stereocenters. The number of para-hydroxylation sites is 1. The maximum absolute atomic E-state index is 12.6. The molecule has 0 saturated heterocycles. The highest BCUT2D eigenvalue weighted by Crippen LogP contribution is 2.27. The Labute approximate surface area is 161 Å². The number of hydrogen-bond acceptors (Lipinski definition) is 6. The van der Waals surface area contributed by atoms with Gasteiger partial charge in [0, 0.05) is 23.1 Å². The van der Waals surface area contributed by atoms with E-state index in [2.05, 4.69) is 4.98 Å². The molecule has 2 heterocycles. The van der Waals surface area contributed by atoms with E-state index in [1.165, 1.54) is 0 Å². The van der Waals surface area contributed by atoms with E-state index < -0.39 is 5.97 Å². The molecule has 0 saturated carbocycles. The summed E-state index contributed by atoms with van der Waals surface area (Å²) < 4.78 is 22.2. The molecule has 0 N–H and O–H groups in total. The van der Waals surface area contributed by atoms with Gasteiger partial charge in [-0.05, 0) is 13.0 Å². The summed E-state index contributed by atoms with van der Waals surface area (Å²) in [6.07, 6.45) is 1.61. The van der Waals surface area contributed by atoms with Crippen LogP contribution in [-0.4, -0.2) is 17.6 Å². The van der Waals surface area contributed by atoms with Gasteiger partial charge in [0.25, 0.3) is 0 Å². The van der Waals surface area contributed by atoms with Crippen LogP contribution in [0.1, 0.15) is 28.9 Å². The minimum absolute atomic E-state index is 0.0865. The SMILES string of the molecule is CCOCc1c(C(=O)OCc2ncc(-c3ccccc3)o2)oc2ccccc12. The van der Waals surface area contributed by atoms with Crippen LogP contribution in [0.3, 0.4) is 0 Å². The molecule has 0 amide bonds. The lowest BCUT2D eigenvalue weighted by atomic mass is 10.1. The third-order valence-electron chi connectivity index (χ3n) is 4.27. The number of ether oxygens (including phenoxy) is 2. The fourth-order valence-corrected chi connectivity index (χ4v) is 2.92. The van der Waals surface area contributed by atoms with Gasteiger partial charge in [-0.3, -0.25) is 0 Å². The molecule has 0 radical (unpaired) electrons. The zero-order chi connectivity index (χ0) is 19.3. The minimum atomic E-state index is -0.578. The molecule has 142 valence electrons. The van der Waals surface area contributed by atoms with Gasteiger partial charge in [-0.2, -0.15) is 0 Å². The van der Waals surface area contributed by atoms with E-state index >= 15 is 0 Å². The molecule has 0 spiro atoms. The Bertz CT molecular complexity index is 1080. The van der Waals surface area contributed by atoms with E-state index in [-0.39, 0.29) is 19.0 Å². The fourth-order valence-electron chi connectivity index (χ4n) is 2.92. The first-order valence-electron chi connectivity index (χ1n) is 9.01. The van der Waals surface area contributed by atoms with Crippen LogP contribution in [0.2, 0.25) is 0 Å². The molecule has 4 rings (SSSR count). The number of carbonyl (C=O) groups excluding carboxylic acids is 1. The van der Waals surface area contributed by atoms with Crippen molar-refractivity contribution in [2.45, 2.75) is 20.1 Å². The fraction of sp³-hybridized carbons (Fsp3) is 0.182. The lowest BCUT2D eigenvalue weighted by Gasteiger charge is -2.04. The van der Waals surface area contributed by atoms with E-state index in [1.807, 2.05) is 61.5 Å². The maximum Gasteiger partial charge on any atom is 0.375 e. The molecule has 4 aromatic rings. The van der Waals surface area contributed by atoms with Crippen LogP contribution in [0, 0.1) is 0 Å². The van der Waals surface area contributed by atoms with E-state index in [0.29, 0.717) is 29.4 Å². The smallest absolute Gasteiger partial charge is 0.375 e. The van der Waals surface area contributed by atoms with Gasteiger partial charge < -0.3 is 18.3 Å². The predicted octanol–water partition coefficient (Wildman–Crippen LogP) is 4.98. The second-order valence-corrected chi connectivity index (χ2v) is 6.10. The van der Waals surface area contributed by atoms with Crippen molar-refractivity contribution in [2.24, 2.45) is 0 Å². The van der Waals surface area contributed by atoms with Crippen LogP contribution in [-0.2, 0) is 22.7 Å². The number of rotatable bonds is 7. The van der Waals surface area contributed by atoms with Crippen LogP contribution in [0.25, 0.3) is 22.3 Å². The molecular formula is C22H19NO5. The molecule has 0 fully saturated rings. The molecule has 0 aliphatic carbocycles. The number of oxazole rings is 1. The van der Waals surface area contributed by atoms with E-state index in [9.17, 15) is 4.79 Å². The Morgan fingerprint density at radius 1 is 1.00 bits per heavy atom. The highest BCUT2D eigenvalue weighted by molar-refractivity contribution is 5.96. The summed E-state index contributed by atoms with van der Waals surface area (Å²) in [5, 5.41) is 0.838. The Morgan fingerprint density at radius 2 is 1.79 bits per heavy atom. The highest BCUT2D eigenvalue weighted by atomic mass is 16.6. The number of benzene rings is 2. The molecule has 6 heteroatoms. The summed E-state index contributed by atoms with van der Waals surface area (Å²) in [7, 11) is 0. The summed E-state index contributed by atoms with van der Waals surface area (Å²) in [5.74, 6) is 0.497. The van der Waals surface area contributed by atoms with Gasteiger partial charge in [0.05, 0.1) is 12.8 Å². The van der Waals surface area contributed by atoms with Crippen LogP contribution >= 0.6 is 0 Å². The van der Waals surface area contributed by atoms with Crippen LogP contribution in [0.5, 0.6) is 0 Å². The standard InChI is InChI=1S/C22H19NO5/c1-2-25-13-17-16-10-6-7-11-18(16)28-21(17)22(24)26-14-20-23-12-19(27-20)15-8-4-3-5-9-15/h3-12H,2,13-14H2,1H3. The maximum atomic E-state index is 12.6. The van der Waals surface area contributed by atoms with Crippen molar-refractivity contribution in [1.82, 2.24) is 4.98 Å². The normalized spacial score (nSPS) is 11.0. The lowest BCUT2D eigenvalue weighted by Crippen LogP contribution is -2.07. The van der Waals surface area contributed by atoms with Gasteiger partial charge in [0.2, 0.25) is 11.7 Å². The third kappa shape index (κ3) is 3.68. The largest absolute Gasteiger partial charge is 0.450 e. The van der Waals surface area contributed by atoms with Gasteiger partial charge in [-0.15, -0.1) is 0 Å². The highest BCUT2D eigenvalue weighted by Gasteiger charge is 2.22. The van der Waals surface area contributed by atoms with Crippen molar-refractivity contribution < 1.29 is 23.1 Å². The van der Waals surface area contributed by atoms with Crippen LogP contribution in [0.4, 0.5) is 0 Å². The minimum Gasteiger partial charge on any atom is -0.450 e. The van der Waals surface area contributed by atoms with E-state index in [1.54, 1.807) is 6.20 Å². The van der Waals surface area contributed by atoms with Crippen molar-refractivity contribution in [1.29, 1.82) is 0 Å². The third-order valence-corrected chi connectivity index (χ3v) is 4.27. The number of hydrogen-bond donors (Lipinski definition) is 0. The number of aromatic nitrogens is 1. The Morgan fingerprint density at radius 3 is 2.61 bits per heavy atom. The zero-order valence-corrected chi connectivity index (χ0v) is 15.4. The molecule has 6 nitrogen and oxygen atoms in total. The molecule has 2 aromatic carbocycles. The Balaban J connectivity index is 1.50. The van der Waals surface area contributed by atoms with Gasteiger partial charge >= 0.3 is 5.97 Å². The number of nitrogens with zero attached hydrogens (tertiary/aromatic N) is 1. The first-order chi connectivity index (χ1) is 13.8. The van der Waals surface area contributed by atoms with Crippen molar-refractivity contribution in [3.05, 3.63) is 78.0 Å². The quantitative estimate of drug-likeness (QED) is 0.423. The predicted molar refractivity (Wildman–Crippen MR) is 103 cm³/mol. The van der Waals surface area contributed by atoms with E-state index in [0.717, 1.165) is 10.9 Å². The molecule has 2 aromatic heterocycles. The summed E-state index contributed by atoms with van der Waals surface area (Å²) in [6.45, 7) is 2.62. The van der Waals surface area contributed by atoms with Gasteiger partial charge in [0.15, 0.2) is 12.4 Å². The molecule has 0 atom stereocenters. The van der Waals surface area contributed by atoms with Crippen molar-refractivity contribution >= 4 is 16.9 Å². The Hall–Kier alpha value is -3.38. The van der Waals surface area contributed by atoms with Crippen molar-refractivity contribution in [2.75, 3.05) is 6.61 Å². The van der Waals surface area contributed by atoms with E-state index in [4.69, 9.17) is 18.3 Å². The second-order valence-electron chi connectivity index (χ2n) is 6.10. The number of carbonyl (C=O) groups is 1. The summed E-state index contributed by atoms with van der Waals surface area (Å²) in [4.78, 5) is 16.8. The number of fused-ring (bicyclic) bond motifs is 1. The van der Waals surface area contributed by atoms with Gasteiger partial charge in [0.1, 0.15) is 5.58 Å². The molecular weight excluding hydrogens is 358 g/mol. The van der Waals surface area contributed by atoms with Crippen LogP contribution in [0.15, 0.2) is 69.6 Å². The summed E-state index contributed by atoms with van der Waals surface area (Å²) in [6, 6.07) is 17.0. The zero-order valence-electron chi connectivity index (χ0n) is 15.4. The van der Waals surface area contributed by atoms with Crippen LogP contribution < -0.4 is 0 Å². The first-order valence-corrected chi connectivity index (χ1v) is 9.01. The molecule has 28 heavy (non-hydrogen) atoms. The average Bonchev–Trinajstić information content (AvgIpc) is 3.36. The molecule has 0 aliphatic rings. The summed E-state index contributed by atoms with van der Waals surface area (Å²) in [5.41, 5.74) is 2.20. The molecule has 0 bridgehead atoms. The van der Waals surface area contributed by atoms with Gasteiger partial charge in [-0.25, -0.2) is 9.78 Å².